The van der Waals surface area contributed by atoms with Crippen LogP contribution in [-0.2, 0) is 0 Å². The van der Waals surface area contributed by atoms with Gasteiger partial charge in [-0.1, -0.05) is 6.92 Å². The van der Waals surface area contributed by atoms with Crippen molar-refractivity contribution >= 4 is 6.34 Å². The Morgan fingerprint density at radius 2 is 1.93 bits per heavy atom. The molecule has 0 fully saturated rings. The van der Waals surface area contributed by atoms with Gasteiger partial charge in [-0.25, -0.2) is 0 Å². The number of rotatable bonds is 2. The van der Waals surface area contributed by atoms with Crippen LogP contribution in [0.25, 0.3) is 0 Å². The third kappa shape index (κ3) is 2.02. The highest BCUT2D eigenvalue weighted by atomic mass is 15.6. The minimum absolute atomic E-state index is 0.161. The van der Waals surface area contributed by atoms with Gasteiger partial charge in [0.1, 0.15) is 12.5 Å². The van der Waals surface area contributed by atoms with Gasteiger partial charge in [-0.05, 0) is 41.0 Å². The molecule has 0 radical (unpaired) electrons. The molecule has 0 amide bonds. The third-order valence-electron chi connectivity index (χ3n) is 2.60. The Labute approximate surface area is 87.8 Å². The second-order valence-corrected chi connectivity index (χ2v) is 5.17. The van der Waals surface area contributed by atoms with Crippen molar-refractivity contribution in [3.63, 3.8) is 0 Å². The summed E-state index contributed by atoms with van der Waals surface area (Å²) in [6, 6.07) is 0.476. The summed E-state index contributed by atoms with van der Waals surface area (Å²) < 4.78 is 0. The molecule has 1 aliphatic rings. The minimum Gasteiger partial charge on any atom is -0.335 e. The fourth-order valence-corrected chi connectivity index (χ4v) is 1.88. The quantitative estimate of drug-likeness (QED) is 0.677. The highest BCUT2D eigenvalue weighted by Gasteiger charge is 2.34. The maximum absolute atomic E-state index is 4.47. The molecule has 1 unspecified atom stereocenters. The first-order valence-electron chi connectivity index (χ1n) is 5.48. The minimum atomic E-state index is 0.161. The zero-order chi connectivity index (χ0) is 10.9. The summed E-state index contributed by atoms with van der Waals surface area (Å²) >= 11 is 0. The van der Waals surface area contributed by atoms with E-state index in [-0.39, 0.29) is 5.54 Å². The second kappa shape index (κ2) is 3.79. The normalized spacial score (nSPS) is 22.6. The third-order valence-corrected chi connectivity index (χ3v) is 2.60. The SMILES string of the molecule is CCC1N(C(C)C)N=CN1C(C)(C)C. The van der Waals surface area contributed by atoms with E-state index in [0.29, 0.717) is 12.2 Å². The molecule has 1 rings (SSSR count). The fourth-order valence-electron chi connectivity index (χ4n) is 1.88. The van der Waals surface area contributed by atoms with Crippen LogP contribution < -0.4 is 0 Å². The maximum Gasteiger partial charge on any atom is 0.119 e. The summed E-state index contributed by atoms with van der Waals surface area (Å²) in [6.45, 7) is 13.3. The lowest BCUT2D eigenvalue weighted by atomic mass is 10.1. The average molecular weight is 197 g/mol. The van der Waals surface area contributed by atoms with Crippen LogP contribution in [0.15, 0.2) is 5.10 Å². The molecule has 3 nitrogen and oxygen atoms in total. The topological polar surface area (TPSA) is 18.8 Å². The van der Waals surface area contributed by atoms with Crippen LogP contribution >= 0.6 is 0 Å². The van der Waals surface area contributed by atoms with E-state index >= 15 is 0 Å². The smallest absolute Gasteiger partial charge is 0.119 e. The molecular weight excluding hydrogens is 174 g/mol. The Bertz CT molecular complexity index is 215. The van der Waals surface area contributed by atoms with E-state index < -0.39 is 0 Å². The summed E-state index contributed by atoms with van der Waals surface area (Å²) in [5, 5.41) is 6.66. The molecule has 14 heavy (non-hydrogen) atoms. The predicted molar refractivity (Wildman–Crippen MR) is 61.1 cm³/mol. The van der Waals surface area contributed by atoms with Gasteiger partial charge < -0.3 is 4.90 Å². The number of hydrogen-bond donors (Lipinski definition) is 0. The van der Waals surface area contributed by atoms with Crippen LogP contribution in [0.2, 0.25) is 0 Å². The Balaban J connectivity index is 2.80. The van der Waals surface area contributed by atoms with Crippen LogP contribution in [0.4, 0.5) is 0 Å². The molecule has 1 heterocycles. The fraction of sp³-hybridized carbons (Fsp3) is 0.909. The highest BCUT2D eigenvalue weighted by molar-refractivity contribution is 5.58. The van der Waals surface area contributed by atoms with Gasteiger partial charge >= 0.3 is 0 Å². The van der Waals surface area contributed by atoms with Crippen LogP contribution in [0.3, 0.4) is 0 Å². The molecule has 0 spiro atoms. The van der Waals surface area contributed by atoms with E-state index in [9.17, 15) is 0 Å². The van der Waals surface area contributed by atoms with Crippen molar-refractivity contribution in [3.8, 4) is 0 Å². The summed E-state index contributed by atoms with van der Waals surface area (Å²) in [5.41, 5.74) is 0.161. The van der Waals surface area contributed by atoms with Crippen molar-refractivity contribution in [1.29, 1.82) is 0 Å². The van der Waals surface area contributed by atoms with Gasteiger partial charge in [0.05, 0.1) is 0 Å². The zero-order valence-electron chi connectivity index (χ0n) is 10.3. The van der Waals surface area contributed by atoms with Crippen LogP contribution in [0, 0.1) is 0 Å². The monoisotopic (exact) mass is 197 g/mol. The molecule has 1 atom stereocenters. The summed E-state index contributed by atoms with van der Waals surface area (Å²) in [5.74, 6) is 0. The van der Waals surface area contributed by atoms with Crippen molar-refractivity contribution < 1.29 is 0 Å². The van der Waals surface area contributed by atoms with Gasteiger partial charge in [0.2, 0.25) is 0 Å². The van der Waals surface area contributed by atoms with E-state index in [4.69, 9.17) is 0 Å². The van der Waals surface area contributed by atoms with Gasteiger partial charge in [-0.2, -0.15) is 5.10 Å². The van der Waals surface area contributed by atoms with Gasteiger partial charge in [-0.3, -0.25) is 5.01 Å². The van der Waals surface area contributed by atoms with Crippen LogP contribution in [0.1, 0.15) is 48.0 Å². The van der Waals surface area contributed by atoms with Crippen molar-refractivity contribution in [1.82, 2.24) is 9.91 Å². The Kier molecular flexibility index (Phi) is 3.07. The summed E-state index contributed by atoms with van der Waals surface area (Å²) in [7, 11) is 0. The molecule has 82 valence electrons. The largest absolute Gasteiger partial charge is 0.335 e. The van der Waals surface area contributed by atoms with Crippen molar-refractivity contribution in [2.75, 3.05) is 0 Å². The van der Waals surface area contributed by atoms with E-state index in [1.807, 2.05) is 6.34 Å². The number of hydrogen-bond acceptors (Lipinski definition) is 3. The van der Waals surface area contributed by atoms with Crippen molar-refractivity contribution in [3.05, 3.63) is 0 Å². The molecule has 0 bridgehead atoms. The zero-order valence-corrected chi connectivity index (χ0v) is 10.3. The molecule has 0 N–H and O–H groups in total. The first kappa shape index (κ1) is 11.3. The molecule has 0 aromatic carbocycles. The van der Waals surface area contributed by atoms with Crippen LogP contribution in [0.5, 0.6) is 0 Å². The molecule has 1 aliphatic heterocycles. The Morgan fingerprint density at radius 3 is 2.29 bits per heavy atom. The lowest BCUT2D eigenvalue weighted by Gasteiger charge is -2.39. The molecule has 0 saturated carbocycles. The lowest BCUT2D eigenvalue weighted by Crippen LogP contribution is -2.50. The van der Waals surface area contributed by atoms with Gasteiger partial charge in [-0.15, -0.1) is 0 Å². The maximum atomic E-state index is 4.47. The molecule has 0 aromatic heterocycles. The second-order valence-electron chi connectivity index (χ2n) is 5.17. The molecular formula is C11H23N3. The number of hydrazone groups is 1. The Hall–Kier alpha value is -0.730. The first-order valence-corrected chi connectivity index (χ1v) is 5.48. The first-order chi connectivity index (χ1) is 6.38. The highest BCUT2D eigenvalue weighted by Crippen LogP contribution is 2.25. The molecule has 0 saturated heterocycles. The van der Waals surface area contributed by atoms with Gasteiger partial charge in [0, 0.05) is 11.6 Å². The summed E-state index contributed by atoms with van der Waals surface area (Å²) in [6.07, 6.45) is 3.51. The predicted octanol–water partition coefficient (Wildman–Crippen LogP) is 2.49. The average Bonchev–Trinajstić information content (AvgIpc) is 2.45. The van der Waals surface area contributed by atoms with E-state index in [1.54, 1.807) is 0 Å². The molecule has 0 aromatic rings. The van der Waals surface area contributed by atoms with E-state index in [0.717, 1.165) is 6.42 Å². The standard InChI is InChI=1S/C11H23N3/c1-7-10-13(11(4,5)6)8-12-14(10)9(2)3/h8-10H,7H2,1-6H3. The van der Waals surface area contributed by atoms with E-state index in [2.05, 4.69) is 56.6 Å². The van der Waals surface area contributed by atoms with E-state index in [1.165, 1.54) is 0 Å². The number of nitrogens with zero attached hydrogens (tertiary/aromatic N) is 3. The van der Waals surface area contributed by atoms with Gasteiger partial charge in [0.15, 0.2) is 0 Å². The van der Waals surface area contributed by atoms with Crippen molar-refractivity contribution in [2.24, 2.45) is 5.10 Å². The summed E-state index contributed by atoms with van der Waals surface area (Å²) in [4.78, 5) is 2.34. The molecule has 3 heteroatoms. The Morgan fingerprint density at radius 1 is 1.36 bits per heavy atom. The van der Waals surface area contributed by atoms with Crippen LogP contribution in [-0.4, -0.2) is 34.0 Å². The lowest BCUT2D eigenvalue weighted by molar-refractivity contribution is 0.0521. The van der Waals surface area contributed by atoms with Crippen molar-refractivity contribution in [2.45, 2.75) is 65.7 Å². The van der Waals surface area contributed by atoms with Gasteiger partial charge in [0.25, 0.3) is 0 Å². The molecule has 0 aliphatic carbocycles.